The number of hydrogen-bond donors (Lipinski definition) is 2. The minimum absolute atomic E-state index is 0.0289. The molecule has 34 heavy (non-hydrogen) atoms. The maximum Gasteiger partial charge on any atom is 0.282 e. The van der Waals surface area contributed by atoms with Crippen LogP contribution in [0.1, 0.15) is 32.8 Å². The quantitative estimate of drug-likeness (QED) is 0.658. The lowest BCUT2D eigenvalue weighted by molar-refractivity contribution is -0.0915. The van der Waals surface area contributed by atoms with E-state index >= 15 is 0 Å². The van der Waals surface area contributed by atoms with Crippen molar-refractivity contribution in [3.8, 4) is 5.75 Å². The topological polar surface area (TPSA) is 101 Å². The number of carbonyl (C=O) groups is 2. The third kappa shape index (κ3) is 2.68. The van der Waals surface area contributed by atoms with Crippen LogP contribution in [0.2, 0.25) is 0 Å². The first-order valence-electron chi connectivity index (χ1n) is 10.4. The van der Waals surface area contributed by atoms with Crippen molar-refractivity contribution in [2.75, 3.05) is 0 Å². The number of nitrogens with one attached hydrogen (secondary N) is 1. The lowest BCUT2D eigenvalue weighted by atomic mass is 10.0. The van der Waals surface area contributed by atoms with E-state index in [1.807, 2.05) is 0 Å². The fourth-order valence-electron chi connectivity index (χ4n) is 5.13. The van der Waals surface area contributed by atoms with Crippen LogP contribution in [0.25, 0.3) is 0 Å². The molecular formula is C22H15F4N3O5. The minimum atomic E-state index is -3.03. The van der Waals surface area contributed by atoms with Gasteiger partial charge in [0.2, 0.25) is 5.43 Å². The lowest BCUT2D eigenvalue weighted by Crippen LogP contribution is -2.57. The molecule has 12 heteroatoms. The molecule has 3 heterocycles. The van der Waals surface area contributed by atoms with Gasteiger partial charge in [-0.1, -0.05) is 6.07 Å². The number of fused-ring (bicyclic) bond motifs is 7. The zero-order chi connectivity index (χ0) is 24.1. The largest absolute Gasteiger partial charge is 0.503 e. The first kappa shape index (κ1) is 20.8. The molecule has 1 saturated heterocycles. The Morgan fingerprint density at radius 2 is 2.03 bits per heavy atom. The lowest BCUT2D eigenvalue weighted by Gasteiger charge is -2.44. The smallest absolute Gasteiger partial charge is 0.282 e. The number of alkyl halides is 2. The van der Waals surface area contributed by atoms with Crippen LogP contribution in [0.4, 0.5) is 17.6 Å². The molecule has 1 aromatic carbocycles. The van der Waals surface area contributed by atoms with E-state index in [1.165, 1.54) is 4.57 Å². The monoisotopic (exact) mass is 477 g/mol. The molecule has 6 rings (SSSR count). The molecule has 0 spiro atoms. The second kappa shape index (κ2) is 6.61. The van der Waals surface area contributed by atoms with Gasteiger partial charge in [-0.05, 0) is 6.07 Å². The van der Waals surface area contributed by atoms with Gasteiger partial charge in [0, 0.05) is 36.4 Å². The van der Waals surface area contributed by atoms with Crippen LogP contribution in [0, 0.1) is 17.6 Å². The van der Waals surface area contributed by atoms with E-state index in [2.05, 4.69) is 5.32 Å². The molecule has 1 saturated carbocycles. The predicted octanol–water partition coefficient (Wildman–Crippen LogP) is 1.87. The summed E-state index contributed by atoms with van der Waals surface area (Å²) >= 11 is 0. The number of nitrogens with zero attached hydrogens (tertiary/aromatic N) is 2. The normalized spacial score (nSPS) is 25.4. The van der Waals surface area contributed by atoms with Crippen molar-refractivity contribution in [2.45, 2.75) is 37.7 Å². The van der Waals surface area contributed by atoms with E-state index in [9.17, 15) is 37.1 Å². The third-order valence-electron chi connectivity index (χ3n) is 6.75. The molecular weight excluding hydrogens is 462 g/mol. The molecule has 3 atom stereocenters. The maximum absolute atomic E-state index is 14.0. The number of carbonyl (C=O) groups excluding carboxylic acids is 2. The maximum atomic E-state index is 14.0. The van der Waals surface area contributed by atoms with Crippen molar-refractivity contribution < 1.29 is 37.0 Å². The van der Waals surface area contributed by atoms with Gasteiger partial charge in [0.05, 0.1) is 18.5 Å². The molecule has 2 bridgehead atoms. The number of aromatic nitrogens is 1. The third-order valence-corrected chi connectivity index (χ3v) is 6.75. The molecule has 2 amide bonds. The fourth-order valence-corrected chi connectivity index (χ4v) is 5.13. The molecule has 2 aliphatic heterocycles. The number of benzene rings is 1. The number of pyridine rings is 1. The molecule has 1 aromatic heterocycles. The molecule has 2 aromatic rings. The van der Waals surface area contributed by atoms with E-state index in [1.54, 1.807) is 0 Å². The van der Waals surface area contributed by atoms with Crippen LogP contribution < -0.4 is 10.7 Å². The number of aromatic hydroxyl groups is 1. The summed E-state index contributed by atoms with van der Waals surface area (Å²) < 4.78 is 61.7. The van der Waals surface area contributed by atoms with Crippen molar-refractivity contribution in [3.63, 3.8) is 0 Å². The van der Waals surface area contributed by atoms with Gasteiger partial charge in [-0.15, -0.1) is 0 Å². The highest BCUT2D eigenvalue weighted by Crippen LogP contribution is 2.66. The van der Waals surface area contributed by atoms with E-state index in [0.717, 1.165) is 23.2 Å². The zero-order valence-electron chi connectivity index (χ0n) is 17.1. The molecule has 4 aliphatic rings. The first-order valence-corrected chi connectivity index (χ1v) is 10.4. The number of hydrogen-bond acceptors (Lipinski definition) is 5. The summed E-state index contributed by atoms with van der Waals surface area (Å²) in [5.41, 5.74) is -2.22. The zero-order valence-corrected chi connectivity index (χ0v) is 17.1. The average molecular weight is 477 g/mol. The summed E-state index contributed by atoms with van der Waals surface area (Å²) in [6.45, 7) is -0.465. The molecule has 8 nitrogen and oxygen atoms in total. The Morgan fingerprint density at radius 3 is 2.76 bits per heavy atom. The van der Waals surface area contributed by atoms with Gasteiger partial charge in [-0.25, -0.2) is 17.6 Å². The summed E-state index contributed by atoms with van der Waals surface area (Å²) in [4.78, 5) is 39.5. The number of halogens is 4. The van der Waals surface area contributed by atoms with Crippen LogP contribution >= 0.6 is 0 Å². The molecule has 2 unspecified atom stereocenters. The number of rotatable bonds is 3. The molecule has 2 fully saturated rings. The summed E-state index contributed by atoms with van der Waals surface area (Å²) in [5, 5.41) is 12.8. The highest BCUT2D eigenvalue weighted by Gasteiger charge is 2.75. The van der Waals surface area contributed by atoms with Crippen molar-refractivity contribution in [3.05, 3.63) is 74.4 Å². The van der Waals surface area contributed by atoms with Crippen molar-refractivity contribution in [1.82, 2.24) is 14.8 Å². The van der Waals surface area contributed by atoms with Gasteiger partial charge in [0.15, 0.2) is 17.7 Å². The predicted molar refractivity (Wildman–Crippen MR) is 105 cm³/mol. The Labute approximate surface area is 188 Å². The number of ether oxygens (including phenoxy) is 1. The molecule has 176 valence electrons. The Bertz CT molecular complexity index is 1400. The Balaban J connectivity index is 1.30. The van der Waals surface area contributed by atoms with Crippen LogP contribution in [0.15, 0.2) is 40.5 Å². The average Bonchev–Trinajstić information content (AvgIpc) is 3.20. The van der Waals surface area contributed by atoms with Crippen molar-refractivity contribution in [2.24, 2.45) is 5.92 Å². The van der Waals surface area contributed by atoms with Crippen LogP contribution in [0.5, 0.6) is 5.75 Å². The highest BCUT2D eigenvalue weighted by molar-refractivity contribution is 5.99. The second-order valence-corrected chi connectivity index (χ2v) is 8.63. The van der Waals surface area contributed by atoms with Gasteiger partial charge in [0.25, 0.3) is 17.7 Å². The van der Waals surface area contributed by atoms with Gasteiger partial charge < -0.3 is 19.7 Å². The minimum Gasteiger partial charge on any atom is -0.503 e. The van der Waals surface area contributed by atoms with Gasteiger partial charge in [-0.2, -0.15) is 0 Å². The van der Waals surface area contributed by atoms with Crippen molar-refractivity contribution in [1.29, 1.82) is 0 Å². The van der Waals surface area contributed by atoms with Crippen LogP contribution in [-0.4, -0.2) is 44.6 Å². The summed E-state index contributed by atoms with van der Waals surface area (Å²) in [6.07, 6.45) is 0.273. The van der Waals surface area contributed by atoms with E-state index < -0.39 is 70.0 Å². The fraction of sp³-hybridized carbons (Fsp3) is 0.318. The Hall–Kier alpha value is -3.83. The van der Waals surface area contributed by atoms with Gasteiger partial charge in [-0.3, -0.25) is 19.3 Å². The van der Waals surface area contributed by atoms with Crippen LogP contribution in [-0.2, 0) is 17.8 Å². The molecule has 2 N–H and O–H groups in total. The first-order chi connectivity index (χ1) is 16.1. The Kier molecular flexibility index (Phi) is 4.04. The second-order valence-electron chi connectivity index (χ2n) is 8.63. The number of amides is 2. The van der Waals surface area contributed by atoms with Crippen LogP contribution in [0.3, 0.4) is 0 Å². The van der Waals surface area contributed by atoms with Gasteiger partial charge in [0.1, 0.15) is 23.0 Å². The SMILES string of the molecule is O=C(NCc1ccc(F)cc1F)c1cn2c(c(O)c1=O)C(=O)N1C(C2)OC2=C3[C@@H](C1C2)C3(F)F. The molecule has 2 aliphatic carbocycles. The summed E-state index contributed by atoms with van der Waals surface area (Å²) in [7, 11) is 0. The van der Waals surface area contributed by atoms with E-state index in [0.29, 0.717) is 6.07 Å². The van der Waals surface area contributed by atoms with E-state index in [4.69, 9.17) is 4.74 Å². The standard InChI is InChI=1S/C22H15F4N3O5/c23-9-2-1-8(11(24)3-9)5-27-20(32)10-6-28-7-14-29(21(33)17(28)19(31)18(10)30)12-4-13(34-14)16-15(12)22(16,25)26/h1-3,6,12,14-15,31H,4-5,7H2,(H,27,32)/t12?,14?,15-/m1/s1. The van der Waals surface area contributed by atoms with E-state index in [-0.39, 0.29) is 36.4 Å². The molecule has 0 radical (unpaired) electrons. The highest BCUT2D eigenvalue weighted by atomic mass is 19.3. The van der Waals surface area contributed by atoms with Gasteiger partial charge >= 0.3 is 0 Å². The van der Waals surface area contributed by atoms with Crippen molar-refractivity contribution >= 4 is 11.8 Å². The summed E-state index contributed by atoms with van der Waals surface area (Å²) in [5.74, 6) is -8.49. The Morgan fingerprint density at radius 1 is 1.26 bits per heavy atom. The summed E-state index contributed by atoms with van der Waals surface area (Å²) in [6, 6.07) is 1.96.